The van der Waals surface area contributed by atoms with Gasteiger partial charge in [-0.3, -0.25) is 0 Å². The number of rotatable bonds is 4. The molecular weight excluding hydrogens is 328 g/mol. The van der Waals surface area contributed by atoms with E-state index in [1.807, 2.05) is 30.3 Å². The Balaban J connectivity index is 1.38. The van der Waals surface area contributed by atoms with E-state index in [-0.39, 0.29) is 0 Å². The van der Waals surface area contributed by atoms with Crippen molar-refractivity contribution in [2.45, 2.75) is 51.9 Å². The summed E-state index contributed by atoms with van der Waals surface area (Å²) in [5.41, 5.74) is 4.79. The molecule has 2 bridgehead atoms. The van der Waals surface area contributed by atoms with Gasteiger partial charge in [-0.25, -0.2) is 0 Å². The van der Waals surface area contributed by atoms with E-state index in [4.69, 9.17) is 0 Å². The lowest BCUT2D eigenvalue weighted by molar-refractivity contribution is 0.170. The molecule has 2 aromatic carbocycles. The maximum atomic E-state index is 4.51. The van der Waals surface area contributed by atoms with Crippen LogP contribution in [0.25, 0.3) is 0 Å². The van der Waals surface area contributed by atoms with E-state index in [9.17, 15) is 0 Å². The fourth-order valence-corrected chi connectivity index (χ4v) is 6.72. The van der Waals surface area contributed by atoms with Gasteiger partial charge in [-0.05, 0) is 104 Å². The number of fused-ring (bicyclic) bond motifs is 5. The molecule has 6 atom stereocenters. The first kappa shape index (κ1) is 17.2. The van der Waals surface area contributed by atoms with Crippen LogP contribution in [-0.4, -0.2) is 0 Å². The smallest absolute Gasteiger partial charge is 0.0860 e. The van der Waals surface area contributed by atoms with Crippen molar-refractivity contribution in [1.29, 1.82) is 0 Å². The van der Waals surface area contributed by atoms with E-state index in [0.717, 1.165) is 41.0 Å². The second kappa shape index (κ2) is 6.89. The third-order valence-electron chi connectivity index (χ3n) is 7.91. The van der Waals surface area contributed by atoms with Gasteiger partial charge in [-0.15, -0.1) is 0 Å². The third kappa shape index (κ3) is 3.03. The first-order chi connectivity index (χ1) is 13.2. The Morgan fingerprint density at radius 1 is 0.852 bits per heavy atom. The molecule has 0 aliphatic heterocycles. The highest BCUT2D eigenvalue weighted by Gasteiger charge is 2.54. The first-order valence-electron chi connectivity index (χ1n) is 10.8. The molecule has 3 aliphatic carbocycles. The summed E-state index contributed by atoms with van der Waals surface area (Å²) in [6, 6.07) is 16.6. The Bertz CT molecular complexity index is 841. The molecule has 2 heteroatoms. The fourth-order valence-electron chi connectivity index (χ4n) is 6.72. The molecule has 0 amide bonds. The van der Waals surface area contributed by atoms with Gasteiger partial charge in [0.1, 0.15) is 0 Å². The van der Waals surface area contributed by atoms with Gasteiger partial charge in [-0.1, -0.05) is 37.6 Å². The van der Waals surface area contributed by atoms with Gasteiger partial charge in [0, 0.05) is 0 Å². The lowest BCUT2D eigenvalue weighted by Gasteiger charge is -2.36. The summed E-state index contributed by atoms with van der Waals surface area (Å²) in [6.45, 7) is 4.73. The Morgan fingerprint density at radius 3 is 2.48 bits per heavy atom. The van der Waals surface area contributed by atoms with Crippen molar-refractivity contribution in [3.63, 3.8) is 0 Å². The Labute approximate surface area is 163 Å². The van der Waals surface area contributed by atoms with Gasteiger partial charge in [0.2, 0.25) is 0 Å². The fraction of sp³-hybridized carbons (Fsp3) is 0.520. The van der Waals surface area contributed by atoms with Crippen molar-refractivity contribution in [3.05, 3.63) is 59.7 Å². The van der Waals surface area contributed by atoms with Crippen LogP contribution in [0.3, 0.4) is 0 Å². The van der Waals surface area contributed by atoms with E-state index in [0.29, 0.717) is 5.92 Å². The minimum atomic E-state index is 0.633. The van der Waals surface area contributed by atoms with E-state index in [1.54, 1.807) is 0 Å². The second-order valence-electron chi connectivity index (χ2n) is 9.18. The molecule has 5 rings (SSSR count). The summed E-state index contributed by atoms with van der Waals surface area (Å²) in [5, 5.41) is 8.92. The molecule has 0 saturated heterocycles. The molecule has 3 aliphatic rings. The summed E-state index contributed by atoms with van der Waals surface area (Å²) in [7, 11) is 0. The van der Waals surface area contributed by atoms with E-state index in [2.05, 4.69) is 42.3 Å². The predicted octanol–water partition coefficient (Wildman–Crippen LogP) is 7.59. The van der Waals surface area contributed by atoms with Crippen molar-refractivity contribution >= 4 is 11.4 Å². The van der Waals surface area contributed by atoms with Crippen LogP contribution in [0, 0.1) is 36.5 Å². The van der Waals surface area contributed by atoms with Crippen LogP contribution in [0.1, 0.15) is 56.1 Å². The van der Waals surface area contributed by atoms with Crippen molar-refractivity contribution < 1.29 is 0 Å². The van der Waals surface area contributed by atoms with Gasteiger partial charge in [-0.2, -0.15) is 10.2 Å². The number of nitrogens with zero attached hydrogens (tertiary/aromatic N) is 2. The van der Waals surface area contributed by atoms with E-state index in [1.165, 1.54) is 43.2 Å². The van der Waals surface area contributed by atoms with Crippen LogP contribution in [0.15, 0.2) is 58.8 Å². The molecule has 2 aromatic rings. The van der Waals surface area contributed by atoms with Crippen molar-refractivity contribution in [3.8, 4) is 0 Å². The van der Waals surface area contributed by atoms with Crippen LogP contribution in [-0.2, 0) is 0 Å². The largest absolute Gasteiger partial charge is 0.151 e. The minimum Gasteiger partial charge on any atom is -0.151 e. The van der Waals surface area contributed by atoms with Gasteiger partial charge in [0.15, 0.2) is 0 Å². The van der Waals surface area contributed by atoms with Crippen molar-refractivity contribution in [2.24, 2.45) is 39.8 Å². The number of hydrogen-bond acceptors (Lipinski definition) is 2. The Kier molecular flexibility index (Phi) is 4.38. The zero-order chi connectivity index (χ0) is 18.4. The molecule has 0 aromatic heterocycles. The highest BCUT2D eigenvalue weighted by molar-refractivity contribution is 5.46. The van der Waals surface area contributed by atoms with Crippen molar-refractivity contribution in [1.82, 2.24) is 0 Å². The summed E-state index contributed by atoms with van der Waals surface area (Å²) >= 11 is 0. The SMILES string of the molecule is Cc1ccc(/N=N/c2ccccc2)cc1C(C)C1CC2CC1C1CCCC21. The van der Waals surface area contributed by atoms with E-state index >= 15 is 0 Å². The van der Waals surface area contributed by atoms with Gasteiger partial charge in [0.25, 0.3) is 0 Å². The summed E-state index contributed by atoms with van der Waals surface area (Å²) in [5.74, 6) is 5.62. The molecule has 140 valence electrons. The van der Waals surface area contributed by atoms with Crippen LogP contribution in [0.4, 0.5) is 11.4 Å². The lowest BCUT2D eigenvalue weighted by Crippen LogP contribution is -2.27. The van der Waals surface area contributed by atoms with Gasteiger partial charge >= 0.3 is 0 Å². The molecule has 0 heterocycles. The molecule has 3 fully saturated rings. The summed E-state index contributed by atoms with van der Waals surface area (Å²) in [6.07, 6.45) is 7.47. The number of benzene rings is 2. The molecule has 27 heavy (non-hydrogen) atoms. The normalized spacial score (nSPS) is 32.9. The van der Waals surface area contributed by atoms with Crippen molar-refractivity contribution in [2.75, 3.05) is 0 Å². The zero-order valence-electron chi connectivity index (χ0n) is 16.5. The second-order valence-corrected chi connectivity index (χ2v) is 9.18. The maximum Gasteiger partial charge on any atom is 0.0860 e. The Morgan fingerprint density at radius 2 is 1.63 bits per heavy atom. The first-order valence-corrected chi connectivity index (χ1v) is 10.8. The van der Waals surface area contributed by atoms with Gasteiger partial charge in [0.05, 0.1) is 11.4 Å². The summed E-state index contributed by atoms with van der Waals surface area (Å²) < 4.78 is 0. The summed E-state index contributed by atoms with van der Waals surface area (Å²) in [4.78, 5) is 0. The highest BCUT2D eigenvalue weighted by atomic mass is 15.1. The maximum absolute atomic E-state index is 4.51. The van der Waals surface area contributed by atoms with Crippen LogP contribution >= 0.6 is 0 Å². The van der Waals surface area contributed by atoms with Crippen LogP contribution < -0.4 is 0 Å². The molecule has 6 unspecified atom stereocenters. The standard InChI is InChI=1S/C25H30N2/c1-16-11-12-20(27-26-19-7-4-3-5-8-19)15-23(16)17(2)24-13-18-14-25(24)22-10-6-9-21(18)22/h3-5,7-8,11-12,15,17-18,21-22,24-25H,6,9-10,13-14H2,1-2H3/b27-26+. The molecule has 0 spiro atoms. The molecule has 0 radical (unpaired) electrons. The van der Waals surface area contributed by atoms with Gasteiger partial charge < -0.3 is 0 Å². The van der Waals surface area contributed by atoms with Crippen LogP contribution in [0.2, 0.25) is 0 Å². The quantitative estimate of drug-likeness (QED) is 0.503. The average Bonchev–Trinajstić information content (AvgIpc) is 3.41. The molecular formula is C25H30N2. The molecule has 3 saturated carbocycles. The zero-order valence-corrected chi connectivity index (χ0v) is 16.5. The topological polar surface area (TPSA) is 24.7 Å². The third-order valence-corrected chi connectivity index (χ3v) is 7.91. The molecule has 2 nitrogen and oxygen atoms in total. The Hall–Kier alpha value is -1.96. The average molecular weight is 359 g/mol. The number of aryl methyl sites for hydroxylation is 1. The number of hydrogen-bond donors (Lipinski definition) is 0. The molecule has 0 N–H and O–H groups in total. The predicted molar refractivity (Wildman–Crippen MR) is 111 cm³/mol. The van der Waals surface area contributed by atoms with E-state index < -0.39 is 0 Å². The highest BCUT2D eigenvalue weighted by Crippen LogP contribution is 2.63. The lowest BCUT2D eigenvalue weighted by atomic mass is 9.69. The van der Waals surface area contributed by atoms with Crippen LogP contribution in [0.5, 0.6) is 0 Å². The number of azo groups is 1. The minimum absolute atomic E-state index is 0.633. The monoisotopic (exact) mass is 358 g/mol.